The Labute approximate surface area is 105 Å². The van der Waals surface area contributed by atoms with Crippen molar-refractivity contribution in [2.75, 3.05) is 0 Å². The highest BCUT2D eigenvalue weighted by atomic mass is 32.1. The van der Waals surface area contributed by atoms with Crippen LogP contribution in [0.25, 0.3) is 0 Å². The number of aromatic nitrogens is 1. The molecule has 1 N–H and O–H groups in total. The SMILES string of the molecule is CC(N[C@H](C)c1cccs1)c1cncc(F)c1. The van der Waals surface area contributed by atoms with Gasteiger partial charge in [0.05, 0.1) is 6.20 Å². The molecule has 0 aliphatic heterocycles. The number of nitrogens with one attached hydrogen (secondary N) is 1. The highest BCUT2D eigenvalue weighted by molar-refractivity contribution is 7.10. The van der Waals surface area contributed by atoms with E-state index in [-0.39, 0.29) is 17.9 Å². The predicted octanol–water partition coefficient (Wildman–Crippen LogP) is 3.69. The maximum Gasteiger partial charge on any atom is 0.141 e. The monoisotopic (exact) mass is 250 g/mol. The highest BCUT2D eigenvalue weighted by Gasteiger charge is 2.12. The second-order valence-electron chi connectivity index (χ2n) is 4.06. The van der Waals surface area contributed by atoms with Crippen LogP contribution in [0.3, 0.4) is 0 Å². The van der Waals surface area contributed by atoms with Crippen LogP contribution in [0, 0.1) is 5.82 Å². The molecule has 0 fully saturated rings. The van der Waals surface area contributed by atoms with Gasteiger partial charge in [-0.15, -0.1) is 11.3 Å². The van der Waals surface area contributed by atoms with E-state index >= 15 is 0 Å². The Morgan fingerprint density at radius 2 is 2.12 bits per heavy atom. The molecular weight excluding hydrogens is 235 g/mol. The summed E-state index contributed by atoms with van der Waals surface area (Å²) < 4.78 is 13.1. The molecule has 0 saturated carbocycles. The molecule has 0 radical (unpaired) electrons. The molecule has 0 aliphatic rings. The van der Waals surface area contributed by atoms with E-state index in [2.05, 4.69) is 28.7 Å². The van der Waals surface area contributed by atoms with Gasteiger partial charge >= 0.3 is 0 Å². The summed E-state index contributed by atoms with van der Waals surface area (Å²) in [7, 11) is 0. The van der Waals surface area contributed by atoms with Gasteiger partial charge in [0.25, 0.3) is 0 Å². The Morgan fingerprint density at radius 3 is 2.76 bits per heavy atom. The highest BCUT2D eigenvalue weighted by Crippen LogP contribution is 2.22. The maximum absolute atomic E-state index is 13.1. The summed E-state index contributed by atoms with van der Waals surface area (Å²) in [5, 5.41) is 5.49. The van der Waals surface area contributed by atoms with Gasteiger partial charge in [0.1, 0.15) is 5.82 Å². The van der Waals surface area contributed by atoms with Crippen LogP contribution in [0.2, 0.25) is 0 Å². The van der Waals surface area contributed by atoms with Crippen molar-refractivity contribution in [2.45, 2.75) is 25.9 Å². The number of rotatable bonds is 4. The van der Waals surface area contributed by atoms with Crippen molar-refractivity contribution in [3.63, 3.8) is 0 Å². The summed E-state index contributed by atoms with van der Waals surface area (Å²) in [6, 6.07) is 5.99. The first kappa shape index (κ1) is 12.2. The van der Waals surface area contributed by atoms with E-state index in [1.165, 1.54) is 17.1 Å². The van der Waals surface area contributed by atoms with Gasteiger partial charge < -0.3 is 5.32 Å². The summed E-state index contributed by atoms with van der Waals surface area (Å²) in [6.07, 6.45) is 2.92. The summed E-state index contributed by atoms with van der Waals surface area (Å²) in [4.78, 5) is 5.14. The number of hydrogen-bond acceptors (Lipinski definition) is 3. The van der Waals surface area contributed by atoms with Gasteiger partial charge in [-0.3, -0.25) is 4.98 Å². The lowest BCUT2D eigenvalue weighted by molar-refractivity contribution is 0.495. The molecule has 0 spiro atoms. The van der Waals surface area contributed by atoms with Crippen LogP contribution >= 0.6 is 11.3 Å². The van der Waals surface area contributed by atoms with Crippen LogP contribution in [0.1, 0.15) is 36.4 Å². The van der Waals surface area contributed by atoms with E-state index in [4.69, 9.17) is 0 Å². The molecule has 0 aromatic carbocycles. The molecule has 2 rings (SSSR count). The standard InChI is InChI=1S/C13H15FN2S/c1-9(11-6-12(14)8-15-7-11)16-10(2)13-4-3-5-17-13/h3-10,16H,1-2H3/t9?,10-/m1/s1. The van der Waals surface area contributed by atoms with Crippen molar-refractivity contribution in [3.05, 3.63) is 52.2 Å². The molecule has 2 aromatic rings. The second kappa shape index (κ2) is 5.38. The maximum atomic E-state index is 13.1. The largest absolute Gasteiger partial charge is 0.303 e. The van der Waals surface area contributed by atoms with E-state index in [1.807, 2.05) is 13.0 Å². The minimum Gasteiger partial charge on any atom is -0.303 e. The molecule has 0 amide bonds. The first-order chi connectivity index (χ1) is 8.16. The zero-order valence-electron chi connectivity index (χ0n) is 9.85. The molecule has 2 nitrogen and oxygen atoms in total. The van der Waals surface area contributed by atoms with Gasteiger partial charge in [0.2, 0.25) is 0 Å². The van der Waals surface area contributed by atoms with Crippen molar-refractivity contribution < 1.29 is 4.39 Å². The normalized spacial score (nSPS) is 14.5. The van der Waals surface area contributed by atoms with Gasteiger partial charge in [0, 0.05) is 23.2 Å². The minimum atomic E-state index is -0.292. The third-order valence-corrected chi connectivity index (χ3v) is 3.75. The lowest BCUT2D eigenvalue weighted by atomic mass is 10.1. The Balaban J connectivity index is 2.04. The molecule has 0 bridgehead atoms. The molecule has 17 heavy (non-hydrogen) atoms. The van der Waals surface area contributed by atoms with E-state index in [1.54, 1.807) is 17.5 Å². The molecule has 1 unspecified atom stereocenters. The number of hydrogen-bond donors (Lipinski definition) is 1. The van der Waals surface area contributed by atoms with E-state index in [0.717, 1.165) is 5.56 Å². The molecular formula is C13H15FN2S. The van der Waals surface area contributed by atoms with Crippen LogP contribution in [0.4, 0.5) is 4.39 Å². The van der Waals surface area contributed by atoms with Gasteiger partial charge in [-0.25, -0.2) is 4.39 Å². The van der Waals surface area contributed by atoms with Gasteiger partial charge in [-0.1, -0.05) is 6.07 Å². The summed E-state index contributed by atoms with van der Waals surface area (Å²) in [5.41, 5.74) is 0.869. The summed E-state index contributed by atoms with van der Waals surface area (Å²) >= 11 is 1.72. The summed E-state index contributed by atoms with van der Waals surface area (Å²) in [6.45, 7) is 4.12. The third kappa shape index (κ3) is 3.11. The van der Waals surface area contributed by atoms with Crippen LogP contribution in [0.15, 0.2) is 36.0 Å². The predicted molar refractivity (Wildman–Crippen MR) is 68.5 cm³/mol. The van der Waals surface area contributed by atoms with Crippen molar-refractivity contribution in [1.82, 2.24) is 10.3 Å². The fourth-order valence-electron chi connectivity index (χ4n) is 1.76. The van der Waals surface area contributed by atoms with Crippen LogP contribution in [-0.2, 0) is 0 Å². The van der Waals surface area contributed by atoms with Crippen LogP contribution < -0.4 is 5.32 Å². The minimum absolute atomic E-state index is 0.0790. The van der Waals surface area contributed by atoms with Gasteiger partial charge in [0.15, 0.2) is 0 Å². The Kier molecular flexibility index (Phi) is 3.86. The first-order valence-corrected chi connectivity index (χ1v) is 6.44. The Morgan fingerprint density at radius 1 is 1.29 bits per heavy atom. The molecule has 90 valence electrons. The molecule has 2 atom stereocenters. The fourth-order valence-corrected chi connectivity index (χ4v) is 2.50. The topological polar surface area (TPSA) is 24.9 Å². The van der Waals surface area contributed by atoms with E-state index < -0.39 is 0 Å². The van der Waals surface area contributed by atoms with Crippen LogP contribution in [-0.4, -0.2) is 4.98 Å². The van der Waals surface area contributed by atoms with Gasteiger partial charge in [-0.05, 0) is 36.9 Å². The van der Waals surface area contributed by atoms with E-state index in [0.29, 0.717) is 0 Å². The molecule has 2 heterocycles. The smallest absolute Gasteiger partial charge is 0.141 e. The van der Waals surface area contributed by atoms with E-state index in [9.17, 15) is 4.39 Å². The molecule has 0 aliphatic carbocycles. The first-order valence-electron chi connectivity index (χ1n) is 5.56. The average Bonchev–Trinajstić information content (AvgIpc) is 2.82. The summed E-state index contributed by atoms with van der Waals surface area (Å²) in [5.74, 6) is -0.292. The van der Waals surface area contributed by atoms with Crippen molar-refractivity contribution >= 4 is 11.3 Å². The number of nitrogens with zero attached hydrogens (tertiary/aromatic N) is 1. The van der Waals surface area contributed by atoms with Crippen molar-refractivity contribution in [2.24, 2.45) is 0 Å². The van der Waals surface area contributed by atoms with Crippen molar-refractivity contribution in [3.8, 4) is 0 Å². The number of halogens is 1. The Bertz CT molecular complexity index is 470. The lowest BCUT2D eigenvalue weighted by Gasteiger charge is -2.19. The third-order valence-electron chi connectivity index (χ3n) is 2.70. The quantitative estimate of drug-likeness (QED) is 0.895. The lowest BCUT2D eigenvalue weighted by Crippen LogP contribution is -2.22. The second-order valence-corrected chi connectivity index (χ2v) is 5.04. The average molecular weight is 250 g/mol. The van der Waals surface area contributed by atoms with Crippen LogP contribution in [0.5, 0.6) is 0 Å². The molecule has 2 aromatic heterocycles. The molecule has 4 heteroatoms. The Hall–Kier alpha value is -1.26. The van der Waals surface area contributed by atoms with Crippen molar-refractivity contribution in [1.29, 1.82) is 0 Å². The molecule has 0 saturated heterocycles. The zero-order valence-corrected chi connectivity index (χ0v) is 10.7. The number of thiophene rings is 1. The fraction of sp³-hybridized carbons (Fsp3) is 0.308. The number of pyridine rings is 1. The van der Waals surface area contributed by atoms with Gasteiger partial charge in [-0.2, -0.15) is 0 Å². The zero-order chi connectivity index (χ0) is 12.3.